The third kappa shape index (κ3) is 6.49. The third-order valence-electron chi connectivity index (χ3n) is 6.58. The number of aliphatic hydroxyl groups excluding tert-OH is 1. The zero-order chi connectivity index (χ0) is 21.5. The molecular formula is C22H39N5O3. The van der Waals surface area contributed by atoms with Gasteiger partial charge in [-0.15, -0.1) is 5.10 Å². The summed E-state index contributed by atoms with van der Waals surface area (Å²) in [5.74, 6) is 1.01. The van der Waals surface area contributed by atoms with Gasteiger partial charge in [-0.05, 0) is 39.2 Å². The highest BCUT2D eigenvalue weighted by atomic mass is 16.5. The fraction of sp³-hybridized carbons (Fsp3) is 0.864. The molecule has 30 heavy (non-hydrogen) atoms. The standard InChI is InChI=1S/C22H39N5O3/c1-17-11-27(18(2)15-28)22(29)9-6-10-26-13-20(23-24-26)16-30-21(17)14-25(3)12-19-7-4-5-8-19/h13,17-19,21,28H,4-12,14-16H2,1-3H3/t17-,18-,21-/m0/s1. The van der Waals surface area contributed by atoms with Crippen LogP contribution in [0.4, 0.5) is 0 Å². The molecule has 0 radical (unpaired) electrons. The Balaban J connectivity index is 1.72. The van der Waals surface area contributed by atoms with Crippen LogP contribution in [0.5, 0.6) is 0 Å². The van der Waals surface area contributed by atoms with Crippen molar-refractivity contribution in [1.29, 1.82) is 0 Å². The Bertz CT molecular complexity index is 661. The number of fused-ring (bicyclic) bond motifs is 2. The molecule has 3 atom stereocenters. The van der Waals surface area contributed by atoms with Gasteiger partial charge >= 0.3 is 0 Å². The summed E-state index contributed by atoms with van der Waals surface area (Å²) in [6.45, 7) is 7.62. The number of aryl methyl sites for hydroxylation is 1. The highest BCUT2D eigenvalue weighted by Gasteiger charge is 2.28. The maximum Gasteiger partial charge on any atom is 0.222 e. The van der Waals surface area contributed by atoms with Gasteiger partial charge in [0.15, 0.2) is 0 Å². The smallest absolute Gasteiger partial charge is 0.222 e. The number of carbonyl (C=O) groups excluding carboxylic acids is 1. The molecule has 0 saturated heterocycles. The molecule has 3 rings (SSSR count). The van der Waals surface area contributed by atoms with Crippen LogP contribution in [0.2, 0.25) is 0 Å². The number of likely N-dealkylation sites (N-methyl/N-ethyl adjacent to an activating group) is 1. The van der Waals surface area contributed by atoms with Crippen LogP contribution in [-0.2, 0) is 22.7 Å². The first kappa shape index (κ1) is 23.2. The topological polar surface area (TPSA) is 83.7 Å². The number of ether oxygens (including phenoxy) is 1. The van der Waals surface area contributed by atoms with E-state index in [1.54, 1.807) is 4.68 Å². The Morgan fingerprint density at radius 2 is 2.07 bits per heavy atom. The van der Waals surface area contributed by atoms with Gasteiger partial charge in [-0.2, -0.15) is 0 Å². The number of amides is 1. The molecule has 0 aromatic carbocycles. The molecule has 0 spiro atoms. The molecule has 170 valence electrons. The van der Waals surface area contributed by atoms with Crippen LogP contribution in [0.15, 0.2) is 6.20 Å². The highest BCUT2D eigenvalue weighted by Crippen LogP contribution is 2.26. The summed E-state index contributed by atoms with van der Waals surface area (Å²) in [4.78, 5) is 17.1. The largest absolute Gasteiger partial charge is 0.394 e. The van der Waals surface area contributed by atoms with Crippen molar-refractivity contribution in [3.8, 4) is 0 Å². The van der Waals surface area contributed by atoms with E-state index in [9.17, 15) is 9.90 Å². The first-order chi connectivity index (χ1) is 14.5. The summed E-state index contributed by atoms with van der Waals surface area (Å²) >= 11 is 0. The molecule has 1 aliphatic carbocycles. The summed E-state index contributed by atoms with van der Waals surface area (Å²) in [7, 11) is 2.17. The molecule has 1 aliphatic heterocycles. The van der Waals surface area contributed by atoms with E-state index in [-0.39, 0.29) is 30.6 Å². The van der Waals surface area contributed by atoms with Crippen molar-refractivity contribution in [3.63, 3.8) is 0 Å². The molecular weight excluding hydrogens is 382 g/mol. The van der Waals surface area contributed by atoms with E-state index in [1.165, 1.54) is 25.7 Å². The number of hydrogen-bond donors (Lipinski definition) is 1. The fourth-order valence-corrected chi connectivity index (χ4v) is 4.71. The van der Waals surface area contributed by atoms with Crippen molar-refractivity contribution in [2.45, 2.75) is 77.7 Å². The Morgan fingerprint density at radius 1 is 1.30 bits per heavy atom. The number of hydrogen-bond acceptors (Lipinski definition) is 6. The summed E-state index contributed by atoms with van der Waals surface area (Å²) < 4.78 is 8.13. The van der Waals surface area contributed by atoms with Crippen molar-refractivity contribution in [2.75, 3.05) is 33.3 Å². The zero-order valence-electron chi connectivity index (χ0n) is 18.9. The Morgan fingerprint density at radius 3 is 2.80 bits per heavy atom. The van der Waals surface area contributed by atoms with Crippen LogP contribution in [-0.4, -0.2) is 81.2 Å². The second-order valence-electron chi connectivity index (χ2n) is 9.35. The van der Waals surface area contributed by atoms with Gasteiger partial charge in [0.2, 0.25) is 5.91 Å². The fourth-order valence-electron chi connectivity index (χ4n) is 4.71. The van der Waals surface area contributed by atoms with Crippen LogP contribution in [0.1, 0.15) is 58.1 Å². The maximum absolute atomic E-state index is 12.9. The average molecular weight is 422 g/mol. The Labute approximate surface area is 180 Å². The van der Waals surface area contributed by atoms with Crippen molar-refractivity contribution in [3.05, 3.63) is 11.9 Å². The molecule has 1 N–H and O–H groups in total. The van der Waals surface area contributed by atoms with Crippen LogP contribution >= 0.6 is 0 Å². The number of aliphatic hydroxyl groups is 1. The van der Waals surface area contributed by atoms with E-state index in [0.717, 1.165) is 24.7 Å². The van der Waals surface area contributed by atoms with Crippen LogP contribution in [0, 0.1) is 11.8 Å². The van der Waals surface area contributed by atoms with Crippen LogP contribution < -0.4 is 0 Å². The Hall–Kier alpha value is -1.51. The molecule has 2 aliphatic rings. The Kier molecular flexibility index (Phi) is 8.65. The molecule has 1 saturated carbocycles. The lowest BCUT2D eigenvalue weighted by atomic mass is 10.0. The lowest BCUT2D eigenvalue weighted by Crippen LogP contribution is -2.47. The monoisotopic (exact) mass is 421 g/mol. The first-order valence-electron chi connectivity index (χ1n) is 11.6. The van der Waals surface area contributed by atoms with Gasteiger partial charge in [0.25, 0.3) is 0 Å². The van der Waals surface area contributed by atoms with Crippen LogP contribution in [0.3, 0.4) is 0 Å². The van der Waals surface area contributed by atoms with E-state index in [4.69, 9.17) is 4.74 Å². The highest BCUT2D eigenvalue weighted by molar-refractivity contribution is 5.76. The minimum absolute atomic E-state index is 0.0245. The van der Waals surface area contributed by atoms with Gasteiger partial charge in [0, 0.05) is 38.5 Å². The molecule has 8 nitrogen and oxygen atoms in total. The number of nitrogens with zero attached hydrogens (tertiary/aromatic N) is 5. The summed E-state index contributed by atoms with van der Waals surface area (Å²) in [6, 6.07) is -0.195. The SMILES string of the molecule is C[C@H]1CN([C@@H](C)CO)C(=O)CCCn2cc(nn2)CO[C@H]1CN(C)CC1CCCC1. The van der Waals surface area contributed by atoms with Gasteiger partial charge in [-0.3, -0.25) is 9.48 Å². The van der Waals surface area contributed by atoms with Gasteiger partial charge in [-0.1, -0.05) is 25.0 Å². The van der Waals surface area contributed by atoms with Gasteiger partial charge < -0.3 is 19.6 Å². The summed E-state index contributed by atoms with van der Waals surface area (Å²) in [6.07, 6.45) is 8.39. The predicted molar refractivity (Wildman–Crippen MR) is 115 cm³/mol. The van der Waals surface area contributed by atoms with E-state index in [2.05, 4.69) is 29.2 Å². The third-order valence-corrected chi connectivity index (χ3v) is 6.58. The van der Waals surface area contributed by atoms with Crippen LogP contribution in [0.25, 0.3) is 0 Å². The van der Waals surface area contributed by atoms with Gasteiger partial charge in [0.05, 0.1) is 31.6 Å². The van der Waals surface area contributed by atoms with E-state index in [0.29, 0.717) is 32.5 Å². The predicted octanol–water partition coefficient (Wildman–Crippen LogP) is 1.92. The summed E-state index contributed by atoms with van der Waals surface area (Å²) in [5.41, 5.74) is 0.830. The second-order valence-corrected chi connectivity index (χ2v) is 9.35. The van der Waals surface area contributed by atoms with Gasteiger partial charge in [-0.25, -0.2) is 0 Å². The van der Waals surface area contributed by atoms with E-state index >= 15 is 0 Å². The molecule has 0 unspecified atom stereocenters. The number of aromatic nitrogens is 3. The molecule has 1 fully saturated rings. The van der Waals surface area contributed by atoms with Crippen molar-refractivity contribution >= 4 is 5.91 Å². The lowest BCUT2D eigenvalue weighted by molar-refractivity contribution is -0.136. The molecule has 1 amide bonds. The first-order valence-corrected chi connectivity index (χ1v) is 11.6. The van der Waals surface area contributed by atoms with E-state index < -0.39 is 0 Å². The van der Waals surface area contributed by atoms with E-state index in [1.807, 2.05) is 18.0 Å². The molecule has 1 aromatic heterocycles. The quantitative estimate of drug-likeness (QED) is 0.756. The molecule has 2 bridgehead atoms. The molecule has 1 aromatic rings. The normalized spacial score (nSPS) is 25.8. The number of carbonyl (C=O) groups is 1. The molecule has 8 heteroatoms. The van der Waals surface area contributed by atoms with Crippen molar-refractivity contribution < 1.29 is 14.6 Å². The number of rotatable bonds is 6. The minimum atomic E-state index is -0.195. The van der Waals surface area contributed by atoms with Crippen molar-refractivity contribution in [1.82, 2.24) is 24.8 Å². The maximum atomic E-state index is 12.9. The zero-order valence-corrected chi connectivity index (χ0v) is 18.9. The van der Waals surface area contributed by atoms with Crippen molar-refractivity contribution in [2.24, 2.45) is 11.8 Å². The lowest BCUT2D eigenvalue weighted by Gasteiger charge is -2.35. The van der Waals surface area contributed by atoms with Gasteiger partial charge in [0.1, 0.15) is 5.69 Å². The average Bonchev–Trinajstić information content (AvgIpc) is 3.40. The summed E-state index contributed by atoms with van der Waals surface area (Å²) in [5, 5.41) is 18.1. The second kappa shape index (κ2) is 11.2. The minimum Gasteiger partial charge on any atom is -0.394 e. The molecule has 2 heterocycles.